The molecule has 3 N–H and O–H groups in total. The zero-order valence-electron chi connectivity index (χ0n) is 9.21. The third-order valence-electron chi connectivity index (χ3n) is 2.16. The minimum absolute atomic E-state index is 0.292. The van der Waals surface area contributed by atoms with Crippen LogP contribution in [0.5, 0.6) is 0 Å². The molecule has 1 heterocycles. The molecule has 80 valence electrons. The molecule has 0 fully saturated rings. The molecule has 1 aromatic rings. The highest BCUT2D eigenvalue weighted by atomic mass is 16.3. The second kappa shape index (κ2) is 4.62. The number of hydrogen-bond acceptors (Lipinski definition) is 3. The SMILES string of the molecule is CC(C)(C)CC(Cc1ccoc1)NN. The molecule has 0 spiro atoms. The highest BCUT2D eigenvalue weighted by Gasteiger charge is 2.18. The molecule has 0 saturated carbocycles. The quantitative estimate of drug-likeness (QED) is 0.572. The van der Waals surface area contributed by atoms with E-state index in [2.05, 4.69) is 26.2 Å². The van der Waals surface area contributed by atoms with Crippen LogP contribution in [0.4, 0.5) is 0 Å². The minimum Gasteiger partial charge on any atom is -0.472 e. The van der Waals surface area contributed by atoms with Gasteiger partial charge in [-0.25, -0.2) is 0 Å². The Bertz CT molecular complexity index is 249. The van der Waals surface area contributed by atoms with E-state index in [1.807, 2.05) is 6.07 Å². The van der Waals surface area contributed by atoms with E-state index >= 15 is 0 Å². The van der Waals surface area contributed by atoms with Gasteiger partial charge in [0, 0.05) is 6.04 Å². The lowest BCUT2D eigenvalue weighted by molar-refractivity contribution is 0.308. The first kappa shape index (κ1) is 11.3. The molecule has 1 rings (SSSR count). The Kier molecular flexibility index (Phi) is 3.72. The maximum absolute atomic E-state index is 5.52. The second-order valence-electron chi connectivity index (χ2n) is 4.96. The summed E-state index contributed by atoms with van der Waals surface area (Å²) in [5, 5.41) is 0. The van der Waals surface area contributed by atoms with Gasteiger partial charge in [-0.15, -0.1) is 0 Å². The topological polar surface area (TPSA) is 51.2 Å². The lowest BCUT2D eigenvalue weighted by Crippen LogP contribution is -2.39. The Hall–Kier alpha value is -0.800. The van der Waals surface area contributed by atoms with Crippen LogP contribution in [-0.2, 0) is 6.42 Å². The second-order valence-corrected chi connectivity index (χ2v) is 4.96. The molecule has 0 saturated heterocycles. The zero-order valence-corrected chi connectivity index (χ0v) is 9.21. The van der Waals surface area contributed by atoms with Crippen LogP contribution in [-0.4, -0.2) is 6.04 Å². The van der Waals surface area contributed by atoms with Gasteiger partial charge in [-0.1, -0.05) is 20.8 Å². The van der Waals surface area contributed by atoms with Gasteiger partial charge >= 0.3 is 0 Å². The molecule has 0 radical (unpaired) electrons. The summed E-state index contributed by atoms with van der Waals surface area (Å²) >= 11 is 0. The molecular weight excluding hydrogens is 176 g/mol. The van der Waals surface area contributed by atoms with E-state index in [0.717, 1.165) is 12.8 Å². The van der Waals surface area contributed by atoms with E-state index in [0.29, 0.717) is 11.5 Å². The Morgan fingerprint density at radius 2 is 2.21 bits per heavy atom. The summed E-state index contributed by atoms with van der Waals surface area (Å²) in [4.78, 5) is 0. The molecule has 3 nitrogen and oxygen atoms in total. The van der Waals surface area contributed by atoms with E-state index in [-0.39, 0.29) is 0 Å². The molecule has 0 aromatic carbocycles. The minimum atomic E-state index is 0.292. The van der Waals surface area contributed by atoms with Gasteiger partial charge in [-0.2, -0.15) is 0 Å². The van der Waals surface area contributed by atoms with Crippen LogP contribution in [0.25, 0.3) is 0 Å². The van der Waals surface area contributed by atoms with Gasteiger partial charge in [0.1, 0.15) is 0 Å². The Labute approximate surface area is 85.6 Å². The third-order valence-corrected chi connectivity index (χ3v) is 2.16. The average molecular weight is 196 g/mol. The summed E-state index contributed by atoms with van der Waals surface area (Å²) in [5.41, 5.74) is 4.34. The van der Waals surface area contributed by atoms with Crippen molar-refractivity contribution < 1.29 is 4.42 Å². The van der Waals surface area contributed by atoms with Gasteiger partial charge < -0.3 is 4.42 Å². The Morgan fingerprint density at radius 1 is 1.50 bits per heavy atom. The molecule has 1 aromatic heterocycles. The van der Waals surface area contributed by atoms with E-state index in [1.165, 1.54) is 5.56 Å². The molecule has 0 bridgehead atoms. The van der Waals surface area contributed by atoms with Crippen LogP contribution < -0.4 is 11.3 Å². The maximum Gasteiger partial charge on any atom is 0.0935 e. The van der Waals surface area contributed by atoms with Gasteiger partial charge in [0.25, 0.3) is 0 Å². The van der Waals surface area contributed by atoms with E-state index in [9.17, 15) is 0 Å². The number of hydrogen-bond donors (Lipinski definition) is 2. The maximum atomic E-state index is 5.52. The van der Waals surface area contributed by atoms with Crippen LogP contribution in [0.3, 0.4) is 0 Å². The lowest BCUT2D eigenvalue weighted by atomic mass is 9.86. The largest absolute Gasteiger partial charge is 0.472 e. The molecule has 0 amide bonds. The van der Waals surface area contributed by atoms with E-state index in [4.69, 9.17) is 10.3 Å². The van der Waals surface area contributed by atoms with Crippen LogP contribution in [0.1, 0.15) is 32.8 Å². The van der Waals surface area contributed by atoms with Gasteiger partial charge in [-0.05, 0) is 29.9 Å². The summed E-state index contributed by atoms with van der Waals surface area (Å²) in [7, 11) is 0. The highest BCUT2D eigenvalue weighted by Crippen LogP contribution is 2.22. The van der Waals surface area contributed by atoms with Crippen LogP contribution in [0.2, 0.25) is 0 Å². The smallest absolute Gasteiger partial charge is 0.0935 e. The summed E-state index contributed by atoms with van der Waals surface area (Å²) in [6, 6.07) is 2.29. The first-order valence-corrected chi connectivity index (χ1v) is 4.98. The first-order chi connectivity index (χ1) is 6.51. The van der Waals surface area contributed by atoms with Gasteiger partial charge in [0.15, 0.2) is 0 Å². The lowest BCUT2D eigenvalue weighted by Gasteiger charge is -2.25. The molecule has 3 heteroatoms. The average Bonchev–Trinajstić information content (AvgIpc) is 2.53. The van der Waals surface area contributed by atoms with Crippen molar-refractivity contribution in [2.24, 2.45) is 11.3 Å². The van der Waals surface area contributed by atoms with Crippen molar-refractivity contribution in [1.29, 1.82) is 0 Å². The normalized spacial score (nSPS) is 14.3. The standard InChI is InChI=1S/C11H20N2O/c1-11(2,3)7-10(13-12)6-9-4-5-14-8-9/h4-5,8,10,13H,6-7,12H2,1-3H3. The number of furan rings is 1. The van der Waals surface area contributed by atoms with Crippen molar-refractivity contribution >= 4 is 0 Å². The van der Waals surface area contributed by atoms with Crippen molar-refractivity contribution in [3.63, 3.8) is 0 Å². The monoisotopic (exact) mass is 196 g/mol. The summed E-state index contributed by atoms with van der Waals surface area (Å²) < 4.78 is 5.02. The van der Waals surface area contributed by atoms with Crippen molar-refractivity contribution in [2.45, 2.75) is 39.7 Å². The fraction of sp³-hybridized carbons (Fsp3) is 0.636. The molecule has 1 unspecified atom stereocenters. The zero-order chi connectivity index (χ0) is 10.6. The van der Waals surface area contributed by atoms with E-state index in [1.54, 1.807) is 12.5 Å². The number of nitrogens with one attached hydrogen (secondary N) is 1. The predicted octanol–water partition coefficient (Wildman–Crippen LogP) is 2.09. The molecule has 0 aliphatic rings. The predicted molar refractivity (Wildman–Crippen MR) is 57.6 cm³/mol. The molecule has 0 aliphatic carbocycles. The fourth-order valence-electron chi connectivity index (χ4n) is 1.62. The van der Waals surface area contributed by atoms with Crippen molar-refractivity contribution in [1.82, 2.24) is 5.43 Å². The molecule has 0 aliphatic heterocycles. The number of nitrogens with two attached hydrogens (primary N) is 1. The highest BCUT2D eigenvalue weighted by molar-refractivity contribution is 5.07. The summed E-state index contributed by atoms with van der Waals surface area (Å²) in [6.07, 6.45) is 5.44. The van der Waals surface area contributed by atoms with Crippen molar-refractivity contribution in [3.8, 4) is 0 Å². The van der Waals surface area contributed by atoms with Gasteiger partial charge in [0.2, 0.25) is 0 Å². The van der Waals surface area contributed by atoms with Gasteiger partial charge in [-0.3, -0.25) is 11.3 Å². The van der Waals surface area contributed by atoms with Gasteiger partial charge in [0.05, 0.1) is 12.5 Å². The third kappa shape index (κ3) is 3.94. The summed E-state index contributed by atoms with van der Waals surface area (Å²) in [6.45, 7) is 6.64. The van der Waals surface area contributed by atoms with E-state index < -0.39 is 0 Å². The van der Waals surface area contributed by atoms with Crippen LogP contribution in [0.15, 0.2) is 23.0 Å². The van der Waals surface area contributed by atoms with Crippen molar-refractivity contribution in [3.05, 3.63) is 24.2 Å². The number of rotatable bonds is 4. The first-order valence-electron chi connectivity index (χ1n) is 4.98. The number of hydrazine groups is 1. The Balaban J connectivity index is 2.47. The molecule has 1 atom stereocenters. The van der Waals surface area contributed by atoms with Crippen molar-refractivity contribution in [2.75, 3.05) is 0 Å². The molecular formula is C11H20N2O. The molecule has 14 heavy (non-hydrogen) atoms. The fourth-order valence-corrected chi connectivity index (χ4v) is 1.62. The Morgan fingerprint density at radius 3 is 2.64 bits per heavy atom. The van der Waals surface area contributed by atoms with Crippen LogP contribution >= 0.6 is 0 Å². The van der Waals surface area contributed by atoms with Crippen LogP contribution in [0, 0.1) is 5.41 Å². The summed E-state index contributed by atoms with van der Waals surface area (Å²) in [5.74, 6) is 5.52.